The number of rotatable bonds is 10. The molecule has 2 rings (SSSR count). The van der Waals surface area contributed by atoms with Crippen molar-refractivity contribution in [1.29, 1.82) is 0 Å². The third kappa shape index (κ3) is 4.69. The normalized spacial score (nSPS) is 19.9. The summed E-state index contributed by atoms with van der Waals surface area (Å²) in [6.45, 7) is 2.23. The third-order valence-electron chi connectivity index (χ3n) is 4.50. The van der Waals surface area contributed by atoms with Crippen LogP contribution in [0.2, 0.25) is 0 Å². The first-order valence-electron chi connectivity index (χ1n) is 8.49. The van der Waals surface area contributed by atoms with Crippen molar-refractivity contribution >= 4 is 11.8 Å². The molecule has 0 bridgehead atoms. The molecule has 0 saturated heterocycles. The summed E-state index contributed by atoms with van der Waals surface area (Å²) in [5.74, 6) is -1.63. The van der Waals surface area contributed by atoms with Crippen LogP contribution in [0.1, 0.15) is 67.8 Å². The topological polar surface area (TPSA) is 54.4 Å². The molecule has 3 heteroatoms. The van der Waals surface area contributed by atoms with E-state index >= 15 is 0 Å². The largest absolute Gasteiger partial charge is 0.481 e. The van der Waals surface area contributed by atoms with Crippen LogP contribution in [0.25, 0.3) is 0 Å². The van der Waals surface area contributed by atoms with E-state index < -0.39 is 11.9 Å². The van der Waals surface area contributed by atoms with Crippen LogP contribution >= 0.6 is 0 Å². The average molecular weight is 302 g/mol. The van der Waals surface area contributed by atoms with Crippen LogP contribution in [0, 0.1) is 11.8 Å². The predicted octanol–water partition coefficient (Wildman–Crippen LogP) is 4.49. The maximum Gasteiger partial charge on any atom is 0.307 e. The van der Waals surface area contributed by atoms with Crippen LogP contribution in [-0.4, -0.2) is 16.9 Å². The van der Waals surface area contributed by atoms with Gasteiger partial charge in [0.2, 0.25) is 0 Å². The van der Waals surface area contributed by atoms with Gasteiger partial charge in [-0.3, -0.25) is 9.59 Å². The van der Waals surface area contributed by atoms with Crippen LogP contribution in [-0.2, 0) is 11.2 Å². The number of carboxylic acid groups (broad SMARTS) is 1. The van der Waals surface area contributed by atoms with Gasteiger partial charge in [-0.1, -0.05) is 63.3 Å². The minimum absolute atomic E-state index is 0.0153. The van der Waals surface area contributed by atoms with Gasteiger partial charge in [-0.25, -0.2) is 0 Å². The van der Waals surface area contributed by atoms with Crippen molar-refractivity contribution in [2.75, 3.05) is 0 Å². The molecule has 1 N–H and O–H groups in total. The van der Waals surface area contributed by atoms with E-state index in [4.69, 9.17) is 5.11 Å². The molecule has 22 heavy (non-hydrogen) atoms. The molecule has 3 nitrogen and oxygen atoms in total. The number of unbranched alkanes of at least 4 members (excludes halogenated alkanes) is 5. The van der Waals surface area contributed by atoms with Gasteiger partial charge >= 0.3 is 5.97 Å². The summed E-state index contributed by atoms with van der Waals surface area (Å²) >= 11 is 0. The highest BCUT2D eigenvalue weighted by Gasteiger charge is 2.48. The maximum atomic E-state index is 12.1. The predicted molar refractivity (Wildman–Crippen MR) is 87.1 cm³/mol. The fourth-order valence-corrected chi connectivity index (χ4v) is 2.92. The van der Waals surface area contributed by atoms with E-state index in [2.05, 4.69) is 6.92 Å². The van der Waals surface area contributed by atoms with Crippen molar-refractivity contribution in [2.24, 2.45) is 11.8 Å². The monoisotopic (exact) mass is 302 g/mol. The van der Waals surface area contributed by atoms with Crippen LogP contribution in [0.4, 0.5) is 0 Å². The molecule has 120 valence electrons. The van der Waals surface area contributed by atoms with Crippen molar-refractivity contribution in [3.05, 3.63) is 35.4 Å². The van der Waals surface area contributed by atoms with Crippen molar-refractivity contribution in [2.45, 2.75) is 58.3 Å². The molecule has 1 aliphatic carbocycles. The Balaban J connectivity index is 1.74. The second-order valence-electron chi connectivity index (χ2n) is 6.37. The fourth-order valence-electron chi connectivity index (χ4n) is 2.92. The Morgan fingerprint density at radius 2 is 1.64 bits per heavy atom. The molecule has 0 heterocycles. The van der Waals surface area contributed by atoms with E-state index in [1.54, 1.807) is 0 Å². The molecule has 0 spiro atoms. The summed E-state index contributed by atoms with van der Waals surface area (Å²) in [4.78, 5) is 23.0. The molecule has 1 aromatic rings. The zero-order valence-electron chi connectivity index (χ0n) is 13.4. The van der Waals surface area contributed by atoms with Gasteiger partial charge in [0.05, 0.1) is 5.92 Å². The van der Waals surface area contributed by atoms with Gasteiger partial charge in [0, 0.05) is 11.5 Å². The molecule has 1 fully saturated rings. The summed E-state index contributed by atoms with van der Waals surface area (Å²) < 4.78 is 0. The van der Waals surface area contributed by atoms with Crippen molar-refractivity contribution in [3.8, 4) is 0 Å². The number of hydrogen-bond donors (Lipinski definition) is 1. The summed E-state index contributed by atoms with van der Waals surface area (Å²) in [6.07, 6.45) is 9.26. The van der Waals surface area contributed by atoms with E-state index in [0.717, 1.165) is 6.42 Å². The highest BCUT2D eigenvalue weighted by molar-refractivity contribution is 6.02. The van der Waals surface area contributed by atoms with Gasteiger partial charge in [-0.05, 0) is 24.8 Å². The van der Waals surface area contributed by atoms with E-state index in [1.807, 2.05) is 24.3 Å². The molecule has 1 aliphatic rings. The maximum absolute atomic E-state index is 12.1. The summed E-state index contributed by atoms with van der Waals surface area (Å²) in [5.41, 5.74) is 1.91. The van der Waals surface area contributed by atoms with Gasteiger partial charge in [0.15, 0.2) is 5.78 Å². The number of carboxylic acids is 1. The lowest BCUT2D eigenvalue weighted by Gasteiger charge is -2.04. The van der Waals surface area contributed by atoms with Gasteiger partial charge in [0.1, 0.15) is 0 Å². The van der Waals surface area contributed by atoms with Crippen LogP contribution in [0.3, 0.4) is 0 Å². The summed E-state index contributed by atoms with van der Waals surface area (Å²) in [5, 5.41) is 8.89. The number of carbonyl (C=O) groups excluding carboxylic acids is 1. The Hall–Kier alpha value is -1.64. The number of ketones is 1. The molecular formula is C19H26O3. The SMILES string of the molecule is CCCCCCCCc1ccc(C(=O)C2CC2C(=O)O)cc1. The van der Waals surface area contributed by atoms with Crippen molar-refractivity contribution in [1.82, 2.24) is 0 Å². The van der Waals surface area contributed by atoms with E-state index in [0.29, 0.717) is 12.0 Å². The quantitative estimate of drug-likeness (QED) is 0.511. The van der Waals surface area contributed by atoms with Crippen LogP contribution in [0.5, 0.6) is 0 Å². The first-order chi connectivity index (χ1) is 10.6. The minimum atomic E-state index is -0.849. The molecule has 2 unspecified atom stereocenters. The first-order valence-corrected chi connectivity index (χ1v) is 8.49. The lowest BCUT2D eigenvalue weighted by Crippen LogP contribution is -2.08. The number of hydrogen-bond acceptors (Lipinski definition) is 2. The number of aliphatic carboxylic acids is 1. The van der Waals surface area contributed by atoms with Crippen molar-refractivity contribution in [3.63, 3.8) is 0 Å². The van der Waals surface area contributed by atoms with Gasteiger partial charge in [-0.15, -0.1) is 0 Å². The number of aryl methyl sites for hydroxylation is 1. The second kappa shape index (κ2) is 8.11. The van der Waals surface area contributed by atoms with E-state index in [-0.39, 0.29) is 11.7 Å². The highest BCUT2D eigenvalue weighted by Crippen LogP contribution is 2.41. The smallest absolute Gasteiger partial charge is 0.307 e. The summed E-state index contributed by atoms with van der Waals surface area (Å²) in [7, 11) is 0. The summed E-state index contributed by atoms with van der Waals surface area (Å²) in [6, 6.07) is 7.73. The Morgan fingerprint density at radius 1 is 1.00 bits per heavy atom. The zero-order valence-corrected chi connectivity index (χ0v) is 13.4. The number of benzene rings is 1. The Kier molecular flexibility index (Phi) is 6.17. The molecule has 0 aromatic heterocycles. The molecular weight excluding hydrogens is 276 g/mol. The number of carbonyl (C=O) groups is 2. The molecule has 0 amide bonds. The zero-order chi connectivity index (χ0) is 15.9. The van der Waals surface area contributed by atoms with Crippen molar-refractivity contribution < 1.29 is 14.7 Å². The Labute approximate surface area is 132 Å². The van der Waals surface area contributed by atoms with Crippen LogP contribution in [0.15, 0.2) is 24.3 Å². The molecule has 1 aromatic carbocycles. The van der Waals surface area contributed by atoms with Gasteiger partial charge < -0.3 is 5.11 Å². The number of Topliss-reactive ketones (excluding diaryl/α,β-unsaturated/α-hetero) is 1. The molecule has 2 atom stereocenters. The molecule has 0 aliphatic heterocycles. The minimum Gasteiger partial charge on any atom is -0.481 e. The standard InChI is InChI=1S/C19H26O3/c1-2-3-4-5-6-7-8-14-9-11-15(12-10-14)18(20)16-13-17(16)19(21)22/h9-12,16-17H,2-8,13H2,1H3,(H,21,22). The van der Waals surface area contributed by atoms with Gasteiger partial charge in [-0.2, -0.15) is 0 Å². The molecule has 0 radical (unpaired) electrons. The average Bonchev–Trinajstić information content (AvgIpc) is 3.31. The third-order valence-corrected chi connectivity index (χ3v) is 4.50. The highest BCUT2D eigenvalue weighted by atomic mass is 16.4. The van der Waals surface area contributed by atoms with E-state index in [9.17, 15) is 9.59 Å². The molecule has 1 saturated carbocycles. The fraction of sp³-hybridized carbons (Fsp3) is 0.579. The second-order valence-corrected chi connectivity index (χ2v) is 6.37. The van der Waals surface area contributed by atoms with Gasteiger partial charge in [0.25, 0.3) is 0 Å². The van der Waals surface area contributed by atoms with Crippen LogP contribution < -0.4 is 0 Å². The lowest BCUT2D eigenvalue weighted by atomic mass is 10.0. The van der Waals surface area contributed by atoms with E-state index in [1.165, 1.54) is 44.1 Å². The Morgan fingerprint density at radius 3 is 2.23 bits per heavy atom. The Bertz CT molecular complexity index is 504. The first kappa shape index (κ1) is 16.7. The lowest BCUT2D eigenvalue weighted by molar-refractivity contribution is -0.138.